The molecule has 0 spiro atoms. The molecule has 1 fully saturated rings. The Hall–Kier alpha value is -4.66. The van der Waals surface area contributed by atoms with Crippen LogP contribution in [-0.2, 0) is 20.7 Å². The lowest BCUT2D eigenvalue weighted by Gasteiger charge is -2.37. The molecule has 3 aromatic carbocycles. The Morgan fingerprint density at radius 1 is 0.907 bits per heavy atom. The lowest BCUT2D eigenvalue weighted by Crippen LogP contribution is -2.51. The maximum atomic E-state index is 13.8. The minimum absolute atomic E-state index is 0.0124. The number of benzene rings is 3. The summed E-state index contributed by atoms with van der Waals surface area (Å²) in [6.07, 6.45) is 0.224. The number of carbonyl (C=O) groups excluding carboxylic acids is 3. The molecule has 1 unspecified atom stereocenters. The van der Waals surface area contributed by atoms with Crippen LogP contribution in [0.2, 0.25) is 0 Å². The standard InChI is InChI=1S/C34H38N2O7/c1-33(2,3)43-32(41)36-18-17-26(21-36)34(31(40)42-4,22-35-29(37)27-15-8-9-16-28(27)30(38)39)20-23-11-10-14-25(19-23)24-12-6-5-7-13-24/h5-16,19,26H,17-18,20-22H2,1-4H3,(H,35,37)(H,38,39)/t26-,34?/m0/s1. The third kappa shape index (κ3) is 7.41. The molecule has 3 aromatic rings. The van der Waals surface area contributed by atoms with Crippen molar-refractivity contribution in [2.24, 2.45) is 11.3 Å². The number of esters is 1. The highest BCUT2D eigenvalue weighted by molar-refractivity contribution is 6.04. The summed E-state index contributed by atoms with van der Waals surface area (Å²) in [4.78, 5) is 53.5. The number of aromatic carboxylic acids is 1. The number of amides is 2. The zero-order chi connectivity index (χ0) is 31.2. The Bertz CT molecular complexity index is 1480. The third-order valence-electron chi connectivity index (χ3n) is 7.73. The second-order valence-corrected chi connectivity index (χ2v) is 11.8. The molecule has 1 heterocycles. The molecule has 9 nitrogen and oxygen atoms in total. The van der Waals surface area contributed by atoms with Crippen molar-refractivity contribution in [2.45, 2.75) is 39.2 Å². The van der Waals surface area contributed by atoms with E-state index in [0.29, 0.717) is 13.0 Å². The van der Waals surface area contributed by atoms with Crippen molar-refractivity contribution in [2.75, 3.05) is 26.7 Å². The highest BCUT2D eigenvalue weighted by atomic mass is 16.6. The van der Waals surface area contributed by atoms with Crippen LogP contribution in [-0.4, -0.2) is 66.3 Å². The van der Waals surface area contributed by atoms with Crippen LogP contribution in [0.5, 0.6) is 0 Å². The van der Waals surface area contributed by atoms with Crippen LogP contribution in [0.25, 0.3) is 11.1 Å². The van der Waals surface area contributed by atoms with Gasteiger partial charge in [-0.25, -0.2) is 9.59 Å². The molecule has 0 radical (unpaired) electrons. The minimum atomic E-state index is -1.27. The first-order valence-corrected chi connectivity index (χ1v) is 14.2. The van der Waals surface area contributed by atoms with E-state index >= 15 is 0 Å². The lowest BCUT2D eigenvalue weighted by atomic mass is 9.70. The molecule has 226 valence electrons. The predicted octanol–water partition coefficient (Wildman–Crippen LogP) is 5.44. The SMILES string of the molecule is COC(=O)C(CNC(=O)c1ccccc1C(=O)O)(Cc1cccc(-c2ccccc2)c1)[C@H]1CCN(C(=O)OC(C)(C)C)C1. The summed E-state index contributed by atoms with van der Waals surface area (Å²) in [6.45, 7) is 5.85. The van der Waals surface area contributed by atoms with Crippen molar-refractivity contribution in [1.82, 2.24) is 10.2 Å². The number of hydrogen-bond acceptors (Lipinski definition) is 6. The van der Waals surface area contributed by atoms with E-state index in [-0.39, 0.29) is 36.6 Å². The Labute approximate surface area is 251 Å². The van der Waals surface area contributed by atoms with Crippen LogP contribution < -0.4 is 5.32 Å². The van der Waals surface area contributed by atoms with E-state index in [0.717, 1.165) is 16.7 Å². The van der Waals surface area contributed by atoms with Gasteiger partial charge in [0, 0.05) is 19.6 Å². The second-order valence-electron chi connectivity index (χ2n) is 11.8. The zero-order valence-electron chi connectivity index (χ0n) is 25.0. The van der Waals surface area contributed by atoms with Crippen molar-refractivity contribution in [3.8, 4) is 11.1 Å². The van der Waals surface area contributed by atoms with Crippen LogP contribution in [0, 0.1) is 11.3 Å². The average molecular weight is 587 g/mol. The first-order chi connectivity index (χ1) is 20.4. The van der Waals surface area contributed by atoms with Crippen molar-refractivity contribution < 1.29 is 33.8 Å². The van der Waals surface area contributed by atoms with Gasteiger partial charge in [-0.3, -0.25) is 9.59 Å². The summed E-state index contributed by atoms with van der Waals surface area (Å²) in [5, 5.41) is 12.5. The van der Waals surface area contributed by atoms with E-state index in [1.807, 2.05) is 54.6 Å². The third-order valence-corrected chi connectivity index (χ3v) is 7.73. The van der Waals surface area contributed by atoms with Gasteiger partial charge in [-0.15, -0.1) is 0 Å². The molecule has 43 heavy (non-hydrogen) atoms. The summed E-state index contributed by atoms with van der Waals surface area (Å²) < 4.78 is 11.0. The van der Waals surface area contributed by atoms with E-state index < -0.39 is 35.0 Å². The van der Waals surface area contributed by atoms with Crippen LogP contribution in [0.3, 0.4) is 0 Å². The minimum Gasteiger partial charge on any atom is -0.478 e. The molecule has 2 amide bonds. The van der Waals surface area contributed by atoms with Crippen LogP contribution >= 0.6 is 0 Å². The number of methoxy groups -OCH3 is 1. The van der Waals surface area contributed by atoms with Gasteiger partial charge in [0.25, 0.3) is 5.91 Å². The smallest absolute Gasteiger partial charge is 0.410 e. The van der Waals surface area contributed by atoms with Gasteiger partial charge in [0.05, 0.1) is 23.7 Å². The highest BCUT2D eigenvalue weighted by Gasteiger charge is 2.50. The lowest BCUT2D eigenvalue weighted by molar-refractivity contribution is -0.156. The Balaban J connectivity index is 1.70. The van der Waals surface area contributed by atoms with Gasteiger partial charge in [0.1, 0.15) is 5.60 Å². The van der Waals surface area contributed by atoms with Crippen LogP contribution in [0.4, 0.5) is 4.79 Å². The van der Waals surface area contributed by atoms with Crippen LogP contribution in [0.1, 0.15) is 53.5 Å². The van der Waals surface area contributed by atoms with Crippen molar-refractivity contribution >= 4 is 23.9 Å². The molecule has 9 heteroatoms. The summed E-state index contributed by atoms with van der Waals surface area (Å²) >= 11 is 0. The maximum absolute atomic E-state index is 13.8. The number of rotatable bonds is 9. The fraction of sp³-hybridized carbons (Fsp3) is 0.353. The first kappa shape index (κ1) is 31.3. The molecule has 2 atom stereocenters. The average Bonchev–Trinajstić information content (AvgIpc) is 3.50. The predicted molar refractivity (Wildman–Crippen MR) is 162 cm³/mol. The summed E-state index contributed by atoms with van der Waals surface area (Å²) in [7, 11) is 1.31. The molecule has 1 saturated heterocycles. The highest BCUT2D eigenvalue weighted by Crippen LogP contribution is 2.40. The topological polar surface area (TPSA) is 122 Å². The zero-order valence-corrected chi connectivity index (χ0v) is 25.0. The van der Waals surface area contributed by atoms with Gasteiger partial charge in [0.15, 0.2) is 0 Å². The van der Waals surface area contributed by atoms with Crippen LogP contribution in [0.15, 0.2) is 78.9 Å². The Morgan fingerprint density at radius 2 is 1.56 bits per heavy atom. The van der Waals surface area contributed by atoms with E-state index in [1.165, 1.54) is 19.2 Å². The van der Waals surface area contributed by atoms with Gasteiger partial charge in [-0.1, -0.05) is 66.7 Å². The van der Waals surface area contributed by atoms with Gasteiger partial charge >= 0.3 is 18.0 Å². The number of carboxylic acids is 1. The number of likely N-dealkylation sites (tertiary alicyclic amines) is 1. The summed E-state index contributed by atoms with van der Waals surface area (Å²) in [6, 6.07) is 23.6. The van der Waals surface area contributed by atoms with Crippen molar-refractivity contribution in [3.05, 3.63) is 95.6 Å². The number of carbonyl (C=O) groups is 4. The van der Waals surface area contributed by atoms with Gasteiger partial charge in [-0.2, -0.15) is 0 Å². The number of nitrogens with zero attached hydrogens (tertiary/aromatic N) is 1. The summed E-state index contributed by atoms with van der Waals surface area (Å²) in [5.41, 5.74) is 0.731. The van der Waals surface area contributed by atoms with Gasteiger partial charge in [-0.05, 0) is 68.4 Å². The quantitative estimate of drug-likeness (QED) is 0.320. The molecule has 0 saturated carbocycles. The number of carboxylic acid groups (broad SMARTS) is 1. The second kappa shape index (κ2) is 13.1. The van der Waals surface area contributed by atoms with E-state index in [4.69, 9.17) is 9.47 Å². The number of hydrogen-bond donors (Lipinski definition) is 2. The van der Waals surface area contributed by atoms with Crippen molar-refractivity contribution in [3.63, 3.8) is 0 Å². The normalized spacial score (nSPS) is 16.2. The molecule has 0 bridgehead atoms. The Kier molecular flexibility index (Phi) is 9.53. The largest absolute Gasteiger partial charge is 0.478 e. The molecule has 0 aromatic heterocycles. The fourth-order valence-corrected chi connectivity index (χ4v) is 5.63. The maximum Gasteiger partial charge on any atom is 0.410 e. The van der Waals surface area contributed by atoms with Crippen molar-refractivity contribution in [1.29, 1.82) is 0 Å². The molecule has 1 aliphatic heterocycles. The summed E-state index contributed by atoms with van der Waals surface area (Å²) in [5.74, 6) is -2.76. The monoisotopic (exact) mass is 586 g/mol. The fourth-order valence-electron chi connectivity index (χ4n) is 5.63. The molecule has 1 aliphatic rings. The first-order valence-electron chi connectivity index (χ1n) is 14.2. The van der Waals surface area contributed by atoms with Gasteiger partial charge < -0.3 is 24.8 Å². The number of nitrogens with one attached hydrogen (secondary N) is 1. The molecular formula is C34H38N2O7. The van der Waals surface area contributed by atoms with E-state index in [9.17, 15) is 24.3 Å². The Morgan fingerprint density at radius 3 is 2.21 bits per heavy atom. The molecule has 4 rings (SSSR count). The molecule has 2 N–H and O–H groups in total. The molecule has 0 aliphatic carbocycles. The van der Waals surface area contributed by atoms with Gasteiger partial charge in [0.2, 0.25) is 0 Å². The number of ether oxygens (including phenoxy) is 2. The van der Waals surface area contributed by atoms with E-state index in [2.05, 4.69) is 5.32 Å². The molecular weight excluding hydrogens is 548 g/mol. The van der Waals surface area contributed by atoms with E-state index in [1.54, 1.807) is 37.8 Å².